The molecule has 1 aromatic heterocycles. The second-order valence-electron chi connectivity index (χ2n) is 4.98. The Balaban J connectivity index is 0.00000220. The molecule has 1 atom stereocenters. The average molecular weight is 424 g/mol. The third-order valence-electron chi connectivity index (χ3n) is 3.35. The summed E-state index contributed by atoms with van der Waals surface area (Å²) in [6.07, 6.45) is 5.33. The first-order valence-corrected chi connectivity index (χ1v) is 8.48. The molecule has 1 aliphatic rings. The van der Waals surface area contributed by atoms with Crippen LogP contribution >= 0.6 is 35.7 Å². The van der Waals surface area contributed by atoms with E-state index in [1.165, 1.54) is 5.75 Å². The Kier molecular flexibility index (Phi) is 8.38. The van der Waals surface area contributed by atoms with Gasteiger partial charge in [0.05, 0.1) is 6.54 Å². The molecule has 0 saturated carbocycles. The summed E-state index contributed by atoms with van der Waals surface area (Å²) in [5.41, 5.74) is 0. The second-order valence-corrected chi connectivity index (χ2v) is 5.97. The van der Waals surface area contributed by atoms with Gasteiger partial charge in [0, 0.05) is 26.1 Å². The highest BCUT2D eigenvalue weighted by molar-refractivity contribution is 14.0. The van der Waals surface area contributed by atoms with Gasteiger partial charge in [-0.15, -0.1) is 24.0 Å². The number of aliphatic imine (C=N–C) groups is 1. The van der Waals surface area contributed by atoms with Gasteiger partial charge in [-0.3, -0.25) is 4.99 Å². The van der Waals surface area contributed by atoms with Gasteiger partial charge in [-0.05, 0) is 31.8 Å². The Morgan fingerprint density at radius 2 is 2.33 bits per heavy atom. The summed E-state index contributed by atoms with van der Waals surface area (Å²) in [6.45, 7) is 3.77. The second kappa shape index (κ2) is 9.50. The molecule has 0 bridgehead atoms. The largest absolute Gasteiger partial charge is 0.356 e. The van der Waals surface area contributed by atoms with Gasteiger partial charge in [0.25, 0.3) is 0 Å². The fraction of sp³-hybridized carbons (Fsp3) is 0.769. The number of thioether (sulfide) groups is 1. The zero-order chi connectivity index (χ0) is 14.4. The molecule has 2 N–H and O–H groups in total. The van der Waals surface area contributed by atoms with Crippen LogP contribution in [0.1, 0.15) is 24.5 Å². The Morgan fingerprint density at radius 3 is 3.05 bits per heavy atom. The average Bonchev–Trinajstić information content (AvgIpc) is 2.81. The maximum Gasteiger partial charge on any atom is 0.191 e. The molecule has 1 unspecified atom stereocenters. The van der Waals surface area contributed by atoms with Crippen LogP contribution in [0.25, 0.3) is 0 Å². The van der Waals surface area contributed by atoms with E-state index in [2.05, 4.69) is 32.0 Å². The minimum atomic E-state index is 0. The van der Waals surface area contributed by atoms with E-state index in [4.69, 9.17) is 0 Å². The van der Waals surface area contributed by atoms with Gasteiger partial charge in [0.2, 0.25) is 0 Å². The van der Waals surface area contributed by atoms with Gasteiger partial charge in [0.15, 0.2) is 5.96 Å². The van der Waals surface area contributed by atoms with E-state index in [0.717, 1.165) is 50.0 Å². The van der Waals surface area contributed by atoms with Crippen LogP contribution < -0.4 is 10.6 Å². The first kappa shape index (κ1) is 18.5. The fourth-order valence-electron chi connectivity index (χ4n) is 2.36. The van der Waals surface area contributed by atoms with Crippen molar-refractivity contribution in [3.63, 3.8) is 0 Å². The maximum atomic E-state index is 4.43. The predicted molar refractivity (Wildman–Crippen MR) is 99.8 cm³/mol. The first-order valence-electron chi connectivity index (χ1n) is 7.09. The van der Waals surface area contributed by atoms with E-state index in [1.807, 2.05) is 30.4 Å². The van der Waals surface area contributed by atoms with Crippen LogP contribution in [-0.2, 0) is 13.0 Å². The molecular weight excluding hydrogens is 399 g/mol. The molecule has 0 fully saturated rings. The van der Waals surface area contributed by atoms with E-state index < -0.39 is 0 Å². The van der Waals surface area contributed by atoms with Crippen molar-refractivity contribution in [1.82, 2.24) is 25.4 Å². The number of nitrogens with one attached hydrogen (secondary N) is 2. The molecule has 0 aliphatic carbocycles. The van der Waals surface area contributed by atoms with Gasteiger partial charge in [0.1, 0.15) is 11.6 Å². The summed E-state index contributed by atoms with van der Waals surface area (Å²) in [5, 5.41) is 11.3. The summed E-state index contributed by atoms with van der Waals surface area (Å²) in [6, 6.07) is 0.371. The van der Waals surface area contributed by atoms with E-state index >= 15 is 0 Å². The van der Waals surface area contributed by atoms with Crippen LogP contribution in [0.2, 0.25) is 0 Å². The number of hydrogen-bond acceptors (Lipinski definition) is 4. The van der Waals surface area contributed by atoms with Crippen LogP contribution in [-0.4, -0.2) is 52.4 Å². The highest BCUT2D eigenvalue weighted by Gasteiger charge is 2.21. The molecule has 6 nitrogen and oxygen atoms in total. The van der Waals surface area contributed by atoms with E-state index in [0.29, 0.717) is 6.04 Å². The Hall–Kier alpha value is -0.510. The van der Waals surface area contributed by atoms with Crippen LogP contribution in [0.4, 0.5) is 0 Å². The molecule has 0 radical (unpaired) electrons. The van der Waals surface area contributed by atoms with Gasteiger partial charge in [-0.1, -0.05) is 0 Å². The third kappa shape index (κ3) is 5.65. The van der Waals surface area contributed by atoms with Gasteiger partial charge in [-0.25, -0.2) is 9.67 Å². The lowest BCUT2D eigenvalue weighted by atomic mass is 10.1. The Morgan fingerprint density at radius 1 is 1.52 bits per heavy atom. The summed E-state index contributed by atoms with van der Waals surface area (Å²) < 4.78 is 2.01. The Labute approximate surface area is 148 Å². The number of aromatic nitrogens is 3. The van der Waals surface area contributed by atoms with Crippen molar-refractivity contribution < 1.29 is 0 Å². The smallest absolute Gasteiger partial charge is 0.191 e. The molecule has 2 heterocycles. The molecule has 2 rings (SSSR count). The number of fused-ring (bicyclic) bond motifs is 1. The number of nitrogens with zero attached hydrogens (tertiary/aromatic N) is 4. The molecule has 0 amide bonds. The minimum Gasteiger partial charge on any atom is -0.356 e. The topological polar surface area (TPSA) is 67.1 Å². The van der Waals surface area contributed by atoms with Gasteiger partial charge < -0.3 is 10.6 Å². The lowest BCUT2D eigenvalue weighted by molar-refractivity contribution is 0.392. The number of rotatable bonds is 5. The molecule has 1 aliphatic heterocycles. The van der Waals surface area contributed by atoms with E-state index in [1.54, 1.807) is 0 Å². The number of halogens is 1. The SMILES string of the molecule is CN=C(NCCCSC)NC1CCc2nc(C)nn2C1.I. The van der Waals surface area contributed by atoms with Crippen LogP contribution in [0.15, 0.2) is 4.99 Å². The minimum absolute atomic E-state index is 0. The van der Waals surface area contributed by atoms with Gasteiger partial charge in [-0.2, -0.15) is 16.9 Å². The summed E-state index contributed by atoms with van der Waals surface area (Å²) in [4.78, 5) is 8.71. The molecule has 0 saturated heterocycles. The van der Waals surface area contributed by atoms with E-state index in [9.17, 15) is 0 Å². The van der Waals surface area contributed by atoms with Crippen LogP contribution in [0.5, 0.6) is 0 Å². The molecule has 8 heteroatoms. The molecule has 0 aromatic carbocycles. The lowest BCUT2D eigenvalue weighted by Crippen LogP contribution is -2.47. The first-order chi connectivity index (χ1) is 9.72. The van der Waals surface area contributed by atoms with Crippen molar-refractivity contribution in [3.05, 3.63) is 11.6 Å². The molecule has 120 valence electrons. The summed E-state index contributed by atoms with van der Waals surface area (Å²) in [7, 11) is 1.82. The summed E-state index contributed by atoms with van der Waals surface area (Å²) >= 11 is 1.87. The third-order valence-corrected chi connectivity index (χ3v) is 4.04. The van der Waals surface area contributed by atoms with E-state index in [-0.39, 0.29) is 24.0 Å². The summed E-state index contributed by atoms with van der Waals surface area (Å²) in [5.74, 6) is 4.02. The van der Waals surface area contributed by atoms with Crippen molar-refractivity contribution in [2.75, 3.05) is 25.6 Å². The van der Waals surface area contributed by atoms with Crippen molar-refractivity contribution in [1.29, 1.82) is 0 Å². The molecule has 1 aromatic rings. The van der Waals surface area contributed by atoms with Crippen molar-refractivity contribution in [2.24, 2.45) is 4.99 Å². The normalized spacial score (nSPS) is 17.9. The maximum absolute atomic E-state index is 4.43. The molecular formula is C13H25IN6S. The molecule has 21 heavy (non-hydrogen) atoms. The van der Waals surface area contributed by atoms with Crippen molar-refractivity contribution >= 4 is 41.7 Å². The van der Waals surface area contributed by atoms with Crippen molar-refractivity contribution in [2.45, 2.75) is 38.8 Å². The van der Waals surface area contributed by atoms with Gasteiger partial charge >= 0.3 is 0 Å². The van der Waals surface area contributed by atoms with Crippen LogP contribution in [0, 0.1) is 6.92 Å². The zero-order valence-electron chi connectivity index (χ0n) is 12.9. The predicted octanol–water partition coefficient (Wildman–Crippen LogP) is 1.44. The number of guanidine groups is 1. The zero-order valence-corrected chi connectivity index (χ0v) is 16.1. The van der Waals surface area contributed by atoms with Crippen molar-refractivity contribution in [3.8, 4) is 0 Å². The number of hydrogen-bond donors (Lipinski definition) is 2. The highest BCUT2D eigenvalue weighted by Crippen LogP contribution is 2.12. The quantitative estimate of drug-likeness (QED) is 0.324. The number of aryl methyl sites for hydroxylation is 2. The van der Waals surface area contributed by atoms with Crippen LogP contribution in [0.3, 0.4) is 0 Å². The lowest BCUT2D eigenvalue weighted by Gasteiger charge is -2.25. The fourth-order valence-corrected chi connectivity index (χ4v) is 2.80. The molecule has 0 spiro atoms. The monoisotopic (exact) mass is 424 g/mol. The highest BCUT2D eigenvalue weighted by atomic mass is 127. The standard InChI is InChI=1S/C13H24N6S.HI/c1-10-16-12-6-5-11(9-19(12)18-10)17-13(14-2)15-7-4-8-20-3;/h11H,4-9H2,1-3H3,(H2,14,15,17);1H. The Bertz CT molecular complexity index is 462.